The minimum atomic E-state index is -0.824. The van der Waals surface area contributed by atoms with E-state index in [2.05, 4.69) is 15.9 Å². The number of hydrogen-bond acceptors (Lipinski definition) is 5. The largest absolute Gasteiger partial charge is 0.479 e. The molecule has 1 aliphatic heterocycles. The molecule has 7 nitrogen and oxygen atoms in total. The van der Waals surface area contributed by atoms with E-state index < -0.39 is 12.1 Å². The van der Waals surface area contributed by atoms with Gasteiger partial charge < -0.3 is 20.1 Å². The van der Waals surface area contributed by atoms with Crippen molar-refractivity contribution in [2.24, 2.45) is 11.7 Å². The number of carbonyl (C=O) groups excluding carboxylic acids is 3. The summed E-state index contributed by atoms with van der Waals surface area (Å²) in [5.74, 6) is -0.883. The number of esters is 1. The molecule has 136 valence electrons. The zero-order valence-electron chi connectivity index (χ0n) is 13.9. The van der Waals surface area contributed by atoms with Crippen molar-refractivity contribution in [3.63, 3.8) is 0 Å². The molecule has 1 aromatic carbocycles. The Morgan fingerprint density at radius 1 is 1.24 bits per heavy atom. The monoisotopic (exact) mass is 412 g/mol. The molecule has 25 heavy (non-hydrogen) atoms. The number of hydrogen-bond donors (Lipinski definition) is 1. The SMILES string of the molecule is C[C@@H](Oc1ccc(Br)cc1)C(=O)OCC(=O)N1CCC(C(N)=O)CC1. The number of carbonyl (C=O) groups is 3. The molecule has 1 saturated heterocycles. The Kier molecular flexibility index (Phi) is 6.81. The summed E-state index contributed by atoms with van der Waals surface area (Å²) in [7, 11) is 0. The fraction of sp³-hybridized carbons (Fsp3) is 0.471. The van der Waals surface area contributed by atoms with Gasteiger partial charge in [0.2, 0.25) is 5.91 Å². The van der Waals surface area contributed by atoms with Gasteiger partial charge in [-0.3, -0.25) is 9.59 Å². The van der Waals surface area contributed by atoms with Gasteiger partial charge in [-0.2, -0.15) is 0 Å². The maximum atomic E-state index is 12.1. The summed E-state index contributed by atoms with van der Waals surface area (Å²) in [5.41, 5.74) is 5.26. The van der Waals surface area contributed by atoms with Crippen molar-refractivity contribution in [1.82, 2.24) is 4.90 Å². The van der Waals surface area contributed by atoms with Crippen LogP contribution in [-0.2, 0) is 19.1 Å². The molecule has 8 heteroatoms. The highest BCUT2D eigenvalue weighted by molar-refractivity contribution is 9.10. The zero-order chi connectivity index (χ0) is 18.4. The molecule has 1 atom stereocenters. The minimum Gasteiger partial charge on any atom is -0.479 e. The Morgan fingerprint density at radius 2 is 1.84 bits per heavy atom. The first-order chi connectivity index (χ1) is 11.9. The van der Waals surface area contributed by atoms with Crippen LogP contribution in [0.1, 0.15) is 19.8 Å². The highest BCUT2D eigenvalue weighted by atomic mass is 79.9. The van der Waals surface area contributed by atoms with E-state index in [-0.39, 0.29) is 24.3 Å². The lowest BCUT2D eigenvalue weighted by molar-refractivity contribution is -0.157. The summed E-state index contributed by atoms with van der Waals surface area (Å²) in [5, 5.41) is 0. The second kappa shape index (κ2) is 8.84. The average Bonchev–Trinajstić information content (AvgIpc) is 2.61. The highest BCUT2D eigenvalue weighted by Gasteiger charge is 2.27. The van der Waals surface area contributed by atoms with Crippen molar-refractivity contribution in [2.75, 3.05) is 19.7 Å². The maximum absolute atomic E-state index is 12.1. The molecule has 1 aromatic rings. The van der Waals surface area contributed by atoms with Gasteiger partial charge in [0.05, 0.1) is 0 Å². The van der Waals surface area contributed by atoms with Gasteiger partial charge in [0.15, 0.2) is 12.7 Å². The van der Waals surface area contributed by atoms with Crippen LogP contribution in [0, 0.1) is 5.92 Å². The van der Waals surface area contributed by atoms with Crippen LogP contribution in [0.15, 0.2) is 28.7 Å². The van der Waals surface area contributed by atoms with Gasteiger partial charge in [-0.25, -0.2) is 4.79 Å². The third kappa shape index (κ3) is 5.74. The molecule has 0 unspecified atom stereocenters. The quantitative estimate of drug-likeness (QED) is 0.713. The Bertz CT molecular complexity index is 626. The van der Waals surface area contributed by atoms with Crippen molar-refractivity contribution in [3.8, 4) is 5.75 Å². The number of nitrogens with two attached hydrogens (primary N) is 1. The summed E-state index contributed by atoms with van der Waals surface area (Å²) in [6.07, 6.45) is 0.255. The molecule has 0 aliphatic carbocycles. The molecule has 2 N–H and O–H groups in total. The predicted molar refractivity (Wildman–Crippen MR) is 93.7 cm³/mol. The molecular formula is C17H21BrN2O5. The molecule has 0 aromatic heterocycles. The first-order valence-electron chi connectivity index (χ1n) is 8.02. The lowest BCUT2D eigenvalue weighted by atomic mass is 9.96. The molecular weight excluding hydrogens is 392 g/mol. The van der Waals surface area contributed by atoms with Gasteiger partial charge in [0.1, 0.15) is 5.75 Å². The third-order valence-corrected chi connectivity index (χ3v) is 4.58. The highest BCUT2D eigenvalue weighted by Crippen LogP contribution is 2.18. The van der Waals surface area contributed by atoms with Crippen molar-refractivity contribution < 1.29 is 23.9 Å². The molecule has 0 saturated carbocycles. The van der Waals surface area contributed by atoms with Gasteiger partial charge in [-0.05, 0) is 44.0 Å². The molecule has 0 bridgehead atoms. The number of rotatable bonds is 6. The van der Waals surface area contributed by atoms with Crippen LogP contribution in [0.3, 0.4) is 0 Å². The molecule has 2 amide bonds. The number of amides is 2. The van der Waals surface area contributed by atoms with E-state index in [9.17, 15) is 14.4 Å². The second-order valence-corrected chi connectivity index (χ2v) is 6.79. The number of ether oxygens (including phenoxy) is 2. The topological polar surface area (TPSA) is 98.9 Å². The summed E-state index contributed by atoms with van der Waals surface area (Å²) in [4.78, 5) is 36.7. The Labute approximate surface area is 154 Å². The van der Waals surface area contributed by atoms with Crippen molar-refractivity contribution in [1.29, 1.82) is 0 Å². The number of nitrogens with zero attached hydrogens (tertiary/aromatic N) is 1. The molecule has 1 aliphatic rings. The third-order valence-electron chi connectivity index (χ3n) is 4.05. The zero-order valence-corrected chi connectivity index (χ0v) is 15.5. The van der Waals surface area contributed by atoms with Crippen LogP contribution in [0.5, 0.6) is 5.75 Å². The van der Waals surface area contributed by atoms with Crippen LogP contribution in [0.25, 0.3) is 0 Å². The van der Waals surface area contributed by atoms with Crippen molar-refractivity contribution in [3.05, 3.63) is 28.7 Å². The fourth-order valence-corrected chi connectivity index (χ4v) is 2.78. The van der Waals surface area contributed by atoms with Crippen molar-refractivity contribution >= 4 is 33.7 Å². The van der Waals surface area contributed by atoms with E-state index in [4.69, 9.17) is 15.2 Å². The molecule has 1 heterocycles. The maximum Gasteiger partial charge on any atom is 0.347 e. The summed E-state index contributed by atoms with van der Waals surface area (Å²) >= 11 is 3.32. The van der Waals surface area contributed by atoms with Gasteiger partial charge >= 0.3 is 5.97 Å². The summed E-state index contributed by atoms with van der Waals surface area (Å²) < 4.78 is 11.4. The normalized spacial score (nSPS) is 16.2. The molecule has 1 fully saturated rings. The Balaban J connectivity index is 1.74. The van der Waals surface area contributed by atoms with Gasteiger partial charge in [0, 0.05) is 23.5 Å². The minimum absolute atomic E-state index is 0.189. The molecule has 2 rings (SSSR count). The second-order valence-electron chi connectivity index (χ2n) is 5.88. The predicted octanol–water partition coefficient (Wildman–Crippen LogP) is 1.48. The first-order valence-corrected chi connectivity index (χ1v) is 8.82. The number of piperidine rings is 1. The first kappa shape index (κ1) is 19.2. The molecule has 0 spiro atoms. The Morgan fingerprint density at radius 3 is 2.40 bits per heavy atom. The number of likely N-dealkylation sites (tertiary alicyclic amines) is 1. The Hall–Kier alpha value is -2.09. The lowest BCUT2D eigenvalue weighted by Gasteiger charge is -2.30. The van der Waals surface area contributed by atoms with E-state index in [0.717, 1.165) is 4.47 Å². The number of primary amides is 1. The number of benzene rings is 1. The van der Waals surface area contributed by atoms with Crippen LogP contribution < -0.4 is 10.5 Å². The van der Waals surface area contributed by atoms with E-state index in [0.29, 0.717) is 31.7 Å². The average molecular weight is 413 g/mol. The standard InChI is InChI=1S/C17H21BrN2O5/c1-11(25-14-4-2-13(18)3-5-14)17(23)24-10-15(21)20-8-6-12(7-9-20)16(19)22/h2-5,11-12H,6-10H2,1H3,(H2,19,22)/t11-/m1/s1. The number of halogens is 1. The van der Waals surface area contributed by atoms with Gasteiger partial charge in [-0.1, -0.05) is 15.9 Å². The fourth-order valence-electron chi connectivity index (χ4n) is 2.52. The van der Waals surface area contributed by atoms with E-state index in [1.165, 1.54) is 0 Å². The van der Waals surface area contributed by atoms with Crippen LogP contribution in [0.4, 0.5) is 0 Å². The molecule has 0 radical (unpaired) electrons. The smallest absolute Gasteiger partial charge is 0.347 e. The summed E-state index contributed by atoms with van der Waals surface area (Å²) in [6.45, 7) is 2.10. The van der Waals surface area contributed by atoms with Gasteiger partial charge in [0.25, 0.3) is 5.91 Å². The lowest BCUT2D eigenvalue weighted by Crippen LogP contribution is -2.43. The van der Waals surface area contributed by atoms with Crippen molar-refractivity contribution in [2.45, 2.75) is 25.9 Å². The van der Waals surface area contributed by atoms with E-state index in [1.807, 2.05) is 0 Å². The summed E-state index contributed by atoms with van der Waals surface area (Å²) in [6, 6.07) is 7.04. The van der Waals surface area contributed by atoms with E-state index in [1.54, 1.807) is 36.1 Å². The van der Waals surface area contributed by atoms with Crippen LogP contribution in [-0.4, -0.2) is 48.5 Å². The van der Waals surface area contributed by atoms with Crippen LogP contribution >= 0.6 is 15.9 Å². The van der Waals surface area contributed by atoms with E-state index >= 15 is 0 Å². The van der Waals surface area contributed by atoms with Gasteiger partial charge in [-0.15, -0.1) is 0 Å². The van der Waals surface area contributed by atoms with Crippen LogP contribution in [0.2, 0.25) is 0 Å².